The topological polar surface area (TPSA) is 87.1 Å². The average molecular weight is 432 g/mol. The zero-order valence-electron chi connectivity index (χ0n) is 17.0. The first kappa shape index (κ1) is 19.5. The van der Waals surface area contributed by atoms with Crippen LogP contribution in [0.25, 0.3) is 21.5 Å². The summed E-state index contributed by atoms with van der Waals surface area (Å²) in [6, 6.07) is 9.40. The summed E-state index contributed by atoms with van der Waals surface area (Å²) >= 11 is 1.54. The molecule has 31 heavy (non-hydrogen) atoms. The number of carbonyl (C=O) groups excluding carboxylic acids is 1. The molecule has 0 radical (unpaired) electrons. The van der Waals surface area contributed by atoms with Crippen LogP contribution in [0, 0.1) is 0 Å². The molecule has 1 amide bonds. The molecule has 0 atom stereocenters. The molecular formula is C22H21N7OS. The second-order valence-corrected chi connectivity index (χ2v) is 8.36. The summed E-state index contributed by atoms with van der Waals surface area (Å²) in [4.78, 5) is 35.9. The maximum Gasteiger partial charge on any atom is 0.258 e. The van der Waals surface area contributed by atoms with Crippen molar-refractivity contribution in [1.82, 2.24) is 24.8 Å². The van der Waals surface area contributed by atoms with Crippen molar-refractivity contribution in [3.8, 4) is 10.6 Å². The second-order valence-electron chi connectivity index (χ2n) is 7.47. The van der Waals surface area contributed by atoms with Crippen molar-refractivity contribution in [3.63, 3.8) is 0 Å². The van der Waals surface area contributed by atoms with Gasteiger partial charge in [0.1, 0.15) is 11.6 Å². The maximum atomic E-state index is 12.7. The van der Waals surface area contributed by atoms with E-state index in [1.165, 1.54) is 11.3 Å². The van der Waals surface area contributed by atoms with E-state index >= 15 is 0 Å². The largest absolute Gasteiger partial charge is 0.354 e. The van der Waals surface area contributed by atoms with Crippen molar-refractivity contribution >= 4 is 39.8 Å². The van der Waals surface area contributed by atoms with Crippen LogP contribution in [0.3, 0.4) is 0 Å². The van der Waals surface area contributed by atoms with Gasteiger partial charge >= 0.3 is 0 Å². The molecule has 0 aliphatic carbocycles. The molecule has 0 aromatic carbocycles. The smallest absolute Gasteiger partial charge is 0.258 e. The normalized spacial score (nSPS) is 14.7. The highest BCUT2D eigenvalue weighted by Gasteiger charge is 2.16. The zero-order chi connectivity index (χ0) is 21.2. The Labute approximate surface area is 183 Å². The SMILES string of the molecule is CN1CCN(c2ccc(C(=O)Nc3cc4nc(-c5cncs5)ccc4cn3)cn2)CC1. The molecule has 5 heterocycles. The van der Waals surface area contributed by atoms with Crippen LogP contribution in [-0.2, 0) is 0 Å². The Morgan fingerprint density at radius 1 is 1.03 bits per heavy atom. The summed E-state index contributed by atoms with van der Waals surface area (Å²) in [6.45, 7) is 3.89. The van der Waals surface area contributed by atoms with Crippen molar-refractivity contribution in [2.45, 2.75) is 0 Å². The number of rotatable bonds is 4. The number of likely N-dealkylation sites (N-methyl/N-ethyl adjacent to an activating group) is 1. The van der Waals surface area contributed by atoms with Crippen molar-refractivity contribution < 1.29 is 4.79 Å². The number of anilines is 2. The Morgan fingerprint density at radius 2 is 1.90 bits per heavy atom. The van der Waals surface area contributed by atoms with Gasteiger partial charge in [-0.3, -0.25) is 9.78 Å². The lowest BCUT2D eigenvalue weighted by atomic mass is 10.2. The molecule has 4 aromatic rings. The molecule has 1 aliphatic heterocycles. The van der Waals surface area contributed by atoms with Crippen LogP contribution in [0.4, 0.5) is 11.6 Å². The highest BCUT2D eigenvalue weighted by molar-refractivity contribution is 7.13. The molecule has 156 valence electrons. The van der Waals surface area contributed by atoms with Gasteiger partial charge in [0.05, 0.1) is 27.2 Å². The highest BCUT2D eigenvalue weighted by atomic mass is 32.1. The molecule has 0 spiro atoms. The third-order valence-corrected chi connectivity index (χ3v) is 6.13. The predicted octanol–water partition coefficient (Wildman–Crippen LogP) is 3.15. The Hall–Kier alpha value is -3.43. The van der Waals surface area contributed by atoms with Crippen LogP contribution in [0.15, 0.2) is 54.4 Å². The number of carbonyl (C=O) groups is 1. The fraction of sp³-hybridized carbons (Fsp3) is 0.227. The van der Waals surface area contributed by atoms with E-state index in [9.17, 15) is 4.79 Å². The summed E-state index contributed by atoms with van der Waals surface area (Å²) in [5.74, 6) is 1.10. The molecule has 1 N–H and O–H groups in total. The molecule has 1 aliphatic rings. The summed E-state index contributed by atoms with van der Waals surface area (Å²) in [7, 11) is 2.12. The van der Waals surface area contributed by atoms with Gasteiger partial charge in [-0.25, -0.2) is 15.0 Å². The number of piperazine rings is 1. The van der Waals surface area contributed by atoms with Gasteiger partial charge in [-0.15, -0.1) is 11.3 Å². The van der Waals surface area contributed by atoms with Crippen LogP contribution in [0.5, 0.6) is 0 Å². The van der Waals surface area contributed by atoms with Gasteiger partial charge in [-0.1, -0.05) is 0 Å². The van der Waals surface area contributed by atoms with E-state index in [4.69, 9.17) is 0 Å². The van der Waals surface area contributed by atoms with Crippen molar-refractivity contribution in [3.05, 3.63) is 60.0 Å². The van der Waals surface area contributed by atoms with Crippen LogP contribution < -0.4 is 10.2 Å². The Kier molecular flexibility index (Phi) is 5.27. The Morgan fingerprint density at radius 3 is 2.65 bits per heavy atom. The van der Waals surface area contributed by atoms with E-state index in [-0.39, 0.29) is 5.91 Å². The van der Waals surface area contributed by atoms with E-state index in [1.807, 2.05) is 18.2 Å². The van der Waals surface area contributed by atoms with Crippen LogP contribution in [-0.4, -0.2) is 64.0 Å². The number of fused-ring (bicyclic) bond motifs is 1. The molecule has 0 bridgehead atoms. The number of aromatic nitrogens is 4. The number of nitrogens with one attached hydrogen (secondary N) is 1. The molecule has 0 unspecified atom stereocenters. The molecule has 8 nitrogen and oxygen atoms in total. The number of amides is 1. The zero-order valence-corrected chi connectivity index (χ0v) is 17.8. The first-order valence-corrected chi connectivity index (χ1v) is 10.9. The van der Waals surface area contributed by atoms with Gasteiger partial charge in [0.25, 0.3) is 5.91 Å². The van der Waals surface area contributed by atoms with Crippen molar-refractivity contribution in [1.29, 1.82) is 0 Å². The fourth-order valence-corrected chi connectivity index (χ4v) is 4.09. The summed E-state index contributed by atoms with van der Waals surface area (Å²) in [5.41, 5.74) is 3.88. The Bertz CT molecular complexity index is 1200. The summed E-state index contributed by atoms with van der Waals surface area (Å²) < 4.78 is 0. The standard InChI is InChI=1S/C22H21N7OS/c1-28-6-8-29(9-7-28)21-5-3-16(12-25-21)22(30)27-20-10-18-15(11-24-20)2-4-17(26-18)19-13-23-14-31-19/h2-5,10-14H,6-9H2,1H3,(H,24,27,30). The summed E-state index contributed by atoms with van der Waals surface area (Å²) in [6.07, 6.45) is 5.12. The van der Waals surface area contributed by atoms with E-state index in [2.05, 4.69) is 42.1 Å². The third-order valence-electron chi connectivity index (χ3n) is 5.34. The quantitative estimate of drug-likeness (QED) is 0.531. The highest BCUT2D eigenvalue weighted by Crippen LogP contribution is 2.24. The van der Waals surface area contributed by atoms with Gasteiger partial charge in [-0.05, 0) is 31.3 Å². The van der Waals surface area contributed by atoms with E-state index in [1.54, 1.807) is 36.2 Å². The number of hydrogen-bond donors (Lipinski definition) is 1. The minimum Gasteiger partial charge on any atom is -0.354 e. The van der Waals surface area contributed by atoms with E-state index in [0.29, 0.717) is 11.4 Å². The number of hydrogen-bond acceptors (Lipinski definition) is 8. The monoisotopic (exact) mass is 431 g/mol. The van der Waals surface area contributed by atoms with Gasteiger partial charge in [0, 0.05) is 56.2 Å². The minimum atomic E-state index is -0.247. The van der Waals surface area contributed by atoms with Gasteiger partial charge < -0.3 is 15.1 Å². The predicted molar refractivity (Wildman–Crippen MR) is 123 cm³/mol. The van der Waals surface area contributed by atoms with Crippen LogP contribution in [0.2, 0.25) is 0 Å². The molecule has 0 saturated carbocycles. The van der Waals surface area contributed by atoms with Crippen molar-refractivity contribution in [2.24, 2.45) is 0 Å². The average Bonchev–Trinajstić information content (AvgIpc) is 3.34. The third kappa shape index (κ3) is 4.23. The molecular weight excluding hydrogens is 410 g/mol. The summed E-state index contributed by atoms with van der Waals surface area (Å²) in [5, 5.41) is 3.76. The number of pyridine rings is 3. The Balaban J connectivity index is 1.31. The molecule has 9 heteroatoms. The second kappa shape index (κ2) is 8.37. The fourth-order valence-electron chi connectivity index (χ4n) is 3.50. The van der Waals surface area contributed by atoms with E-state index < -0.39 is 0 Å². The maximum absolute atomic E-state index is 12.7. The first-order valence-electron chi connectivity index (χ1n) is 10.0. The number of thiazole rings is 1. The van der Waals surface area contributed by atoms with E-state index in [0.717, 1.165) is 53.5 Å². The van der Waals surface area contributed by atoms with Gasteiger partial charge in [0.15, 0.2) is 0 Å². The minimum absolute atomic E-state index is 0.247. The molecule has 1 saturated heterocycles. The molecule has 5 rings (SSSR count). The lowest BCUT2D eigenvalue weighted by Gasteiger charge is -2.33. The van der Waals surface area contributed by atoms with Gasteiger partial charge in [-0.2, -0.15) is 0 Å². The lowest BCUT2D eigenvalue weighted by molar-refractivity contribution is 0.102. The molecule has 1 fully saturated rings. The first-order chi connectivity index (χ1) is 15.2. The number of nitrogens with zero attached hydrogens (tertiary/aromatic N) is 6. The van der Waals surface area contributed by atoms with Crippen LogP contribution in [0.1, 0.15) is 10.4 Å². The van der Waals surface area contributed by atoms with Crippen molar-refractivity contribution in [2.75, 3.05) is 43.4 Å². The van der Waals surface area contributed by atoms with Crippen LogP contribution >= 0.6 is 11.3 Å². The lowest BCUT2D eigenvalue weighted by Crippen LogP contribution is -2.44. The van der Waals surface area contributed by atoms with Gasteiger partial charge in [0.2, 0.25) is 0 Å². The molecule has 4 aromatic heterocycles.